The Bertz CT molecular complexity index is 940. The highest BCUT2D eigenvalue weighted by Gasteiger charge is 2.45. The summed E-state index contributed by atoms with van der Waals surface area (Å²) in [5.74, 6) is -1.03. The lowest BCUT2D eigenvalue weighted by molar-refractivity contribution is -0.118. The first kappa shape index (κ1) is 16.1. The number of nitrogens with zero attached hydrogens (tertiary/aromatic N) is 2. The van der Waals surface area contributed by atoms with Gasteiger partial charge in [0, 0.05) is 6.20 Å². The van der Waals surface area contributed by atoms with Gasteiger partial charge in [-0.25, -0.2) is 17.7 Å². The average Bonchev–Trinajstić information content (AvgIpc) is 2.74. The molecule has 3 rings (SSSR count). The molecule has 24 heavy (non-hydrogen) atoms. The zero-order chi connectivity index (χ0) is 17.5. The number of aryl methyl sites for hydroxylation is 1. The van der Waals surface area contributed by atoms with Gasteiger partial charge < -0.3 is 5.32 Å². The number of rotatable bonds is 3. The molecule has 2 heterocycles. The number of benzene rings is 1. The Morgan fingerprint density at radius 2 is 1.96 bits per heavy atom. The number of fused-ring (bicyclic) bond motifs is 1. The maximum Gasteiger partial charge on any atom is 0.269 e. The highest BCUT2D eigenvalue weighted by Crippen LogP contribution is 2.31. The number of sulfonamides is 1. The molecule has 0 radical (unpaired) electrons. The van der Waals surface area contributed by atoms with Gasteiger partial charge in [-0.2, -0.15) is 0 Å². The van der Waals surface area contributed by atoms with E-state index in [4.69, 9.17) is 0 Å². The van der Waals surface area contributed by atoms with E-state index < -0.39 is 27.9 Å². The molecule has 8 heteroatoms. The topological polar surface area (TPSA) is 96.4 Å². The largest absolute Gasteiger partial charge is 0.309 e. The molecule has 1 aromatic carbocycles. The minimum Gasteiger partial charge on any atom is -0.309 e. The summed E-state index contributed by atoms with van der Waals surface area (Å²) in [5, 5.41) is 2.54. The highest BCUT2D eigenvalue weighted by molar-refractivity contribution is 7.90. The highest BCUT2D eigenvalue weighted by atomic mass is 32.2. The molecule has 1 atom stereocenters. The van der Waals surface area contributed by atoms with Crippen LogP contribution in [0, 0.1) is 6.92 Å². The number of aromatic nitrogens is 1. The van der Waals surface area contributed by atoms with Crippen LogP contribution in [0.3, 0.4) is 0 Å². The van der Waals surface area contributed by atoms with Gasteiger partial charge in [-0.1, -0.05) is 12.1 Å². The molecule has 1 N–H and O–H groups in total. The van der Waals surface area contributed by atoms with E-state index in [0.717, 1.165) is 5.56 Å². The summed E-state index contributed by atoms with van der Waals surface area (Å²) in [6, 6.07) is 8.13. The molecule has 2 amide bonds. The fourth-order valence-electron chi connectivity index (χ4n) is 2.53. The number of carbonyl (C=O) groups is 2. The van der Waals surface area contributed by atoms with Crippen molar-refractivity contribution in [1.29, 1.82) is 0 Å². The second-order valence-electron chi connectivity index (χ2n) is 5.49. The van der Waals surface area contributed by atoms with Gasteiger partial charge in [0.05, 0.1) is 5.56 Å². The Morgan fingerprint density at radius 1 is 1.25 bits per heavy atom. The lowest BCUT2D eigenvalue weighted by Crippen LogP contribution is -2.45. The Labute approximate surface area is 139 Å². The SMILES string of the molecule is Cc1ccnc(NC(=O)[C@H](C)N2C(=O)c3ccccc3S2(=O)=O)c1. The average molecular weight is 345 g/mol. The number of pyridine rings is 1. The third kappa shape index (κ3) is 2.54. The maximum absolute atomic E-state index is 12.6. The van der Waals surface area contributed by atoms with Crippen LogP contribution in [0.5, 0.6) is 0 Å². The van der Waals surface area contributed by atoms with E-state index in [2.05, 4.69) is 10.3 Å². The molecule has 1 aliphatic rings. The Kier molecular flexibility index (Phi) is 3.84. The van der Waals surface area contributed by atoms with Crippen LogP contribution in [0.4, 0.5) is 5.82 Å². The Morgan fingerprint density at radius 3 is 2.62 bits per heavy atom. The molecule has 1 aliphatic heterocycles. The zero-order valence-corrected chi connectivity index (χ0v) is 13.9. The van der Waals surface area contributed by atoms with Gasteiger partial charge in [-0.05, 0) is 43.7 Å². The van der Waals surface area contributed by atoms with Crippen molar-refractivity contribution in [2.24, 2.45) is 0 Å². The van der Waals surface area contributed by atoms with E-state index in [0.29, 0.717) is 10.1 Å². The van der Waals surface area contributed by atoms with Crippen LogP contribution in [-0.4, -0.2) is 35.6 Å². The first-order valence-electron chi connectivity index (χ1n) is 7.23. The molecular formula is C16H15N3O4S. The van der Waals surface area contributed by atoms with Crippen molar-refractivity contribution in [3.63, 3.8) is 0 Å². The lowest BCUT2D eigenvalue weighted by atomic mass is 10.2. The molecule has 0 bridgehead atoms. The number of hydrogen-bond donors (Lipinski definition) is 1. The van der Waals surface area contributed by atoms with Crippen LogP contribution in [0.1, 0.15) is 22.8 Å². The molecule has 0 aliphatic carbocycles. The fourth-order valence-corrected chi connectivity index (χ4v) is 4.25. The standard InChI is InChI=1S/C16H15N3O4S/c1-10-7-8-17-14(9-10)18-15(20)11(2)19-16(21)12-5-3-4-6-13(12)24(19,22)23/h3-9,11H,1-2H3,(H,17,18,20)/t11-/m0/s1. The van der Waals surface area contributed by atoms with Crippen LogP contribution in [0.2, 0.25) is 0 Å². The molecular weight excluding hydrogens is 330 g/mol. The van der Waals surface area contributed by atoms with Crippen molar-refractivity contribution in [3.05, 3.63) is 53.7 Å². The van der Waals surface area contributed by atoms with E-state index in [-0.39, 0.29) is 10.5 Å². The zero-order valence-electron chi connectivity index (χ0n) is 13.1. The molecule has 7 nitrogen and oxygen atoms in total. The van der Waals surface area contributed by atoms with Gasteiger partial charge in [0.2, 0.25) is 5.91 Å². The van der Waals surface area contributed by atoms with Crippen molar-refractivity contribution < 1.29 is 18.0 Å². The predicted octanol–water partition coefficient (Wildman–Crippen LogP) is 1.56. The third-order valence-corrected chi connectivity index (χ3v) is 5.66. The van der Waals surface area contributed by atoms with Crippen LogP contribution >= 0.6 is 0 Å². The summed E-state index contributed by atoms with van der Waals surface area (Å²) in [4.78, 5) is 28.7. The van der Waals surface area contributed by atoms with Gasteiger partial charge in [0.1, 0.15) is 16.8 Å². The normalized spacial score (nSPS) is 16.6. The number of carbonyl (C=O) groups excluding carboxylic acids is 2. The van der Waals surface area contributed by atoms with E-state index >= 15 is 0 Å². The van der Waals surface area contributed by atoms with Crippen LogP contribution in [-0.2, 0) is 14.8 Å². The Hall–Kier alpha value is -2.74. The van der Waals surface area contributed by atoms with Crippen molar-refractivity contribution in [3.8, 4) is 0 Å². The quantitative estimate of drug-likeness (QED) is 0.911. The molecule has 0 saturated carbocycles. The van der Waals surface area contributed by atoms with Gasteiger partial charge >= 0.3 is 0 Å². The minimum atomic E-state index is -4.04. The fraction of sp³-hybridized carbons (Fsp3) is 0.188. The summed E-state index contributed by atoms with van der Waals surface area (Å²) >= 11 is 0. The first-order chi connectivity index (χ1) is 11.3. The molecule has 0 fully saturated rings. The number of hydrogen-bond acceptors (Lipinski definition) is 5. The van der Waals surface area contributed by atoms with Crippen molar-refractivity contribution in [1.82, 2.24) is 9.29 Å². The van der Waals surface area contributed by atoms with Crippen molar-refractivity contribution in [2.75, 3.05) is 5.32 Å². The third-order valence-electron chi connectivity index (χ3n) is 3.75. The number of amides is 2. The van der Waals surface area contributed by atoms with Gasteiger partial charge in [-0.3, -0.25) is 9.59 Å². The summed E-state index contributed by atoms with van der Waals surface area (Å²) in [7, 11) is -4.04. The molecule has 2 aromatic rings. The molecule has 0 unspecified atom stereocenters. The second-order valence-corrected chi connectivity index (χ2v) is 7.27. The van der Waals surface area contributed by atoms with E-state index in [1.165, 1.54) is 31.3 Å². The monoisotopic (exact) mass is 345 g/mol. The number of nitrogens with one attached hydrogen (secondary N) is 1. The molecule has 124 valence electrons. The van der Waals surface area contributed by atoms with Gasteiger partial charge in [0.15, 0.2) is 0 Å². The summed E-state index contributed by atoms with van der Waals surface area (Å²) in [6.45, 7) is 3.21. The minimum absolute atomic E-state index is 0.0748. The first-order valence-corrected chi connectivity index (χ1v) is 8.67. The molecule has 0 spiro atoms. The van der Waals surface area contributed by atoms with E-state index in [9.17, 15) is 18.0 Å². The summed E-state index contributed by atoms with van der Waals surface area (Å²) in [5.41, 5.74) is 0.969. The van der Waals surface area contributed by atoms with E-state index in [1.807, 2.05) is 6.92 Å². The maximum atomic E-state index is 12.6. The van der Waals surface area contributed by atoms with E-state index in [1.54, 1.807) is 18.2 Å². The molecule has 0 saturated heterocycles. The van der Waals surface area contributed by atoms with Gasteiger partial charge in [-0.15, -0.1) is 0 Å². The number of anilines is 1. The summed E-state index contributed by atoms with van der Waals surface area (Å²) < 4.78 is 25.7. The summed E-state index contributed by atoms with van der Waals surface area (Å²) in [6.07, 6.45) is 1.53. The van der Waals surface area contributed by atoms with Crippen molar-refractivity contribution in [2.45, 2.75) is 24.8 Å². The molecule has 1 aromatic heterocycles. The predicted molar refractivity (Wildman–Crippen MR) is 86.9 cm³/mol. The lowest BCUT2D eigenvalue weighted by Gasteiger charge is -2.22. The van der Waals surface area contributed by atoms with Crippen LogP contribution < -0.4 is 5.32 Å². The van der Waals surface area contributed by atoms with Crippen LogP contribution in [0.25, 0.3) is 0 Å². The van der Waals surface area contributed by atoms with Crippen LogP contribution in [0.15, 0.2) is 47.5 Å². The smallest absolute Gasteiger partial charge is 0.269 e. The van der Waals surface area contributed by atoms with Crippen molar-refractivity contribution >= 4 is 27.7 Å². The van der Waals surface area contributed by atoms with Gasteiger partial charge in [0.25, 0.3) is 15.9 Å². The Balaban J connectivity index is 1.89. The second kappa shape index (κ2) is 5.72.